The summed E-state index contributed by atoms with van der Waals surface area (Å²) in [5, 5.41) is 2.88. The molecule has 1 amide bonds. The molecular weight excluding hydrogens is 314 g/mol. The average Bonchev–Trinajstić information content (AvgIpc) is 3.02. The third-order valence-corrected chi connectivity index (χ3v) is 3.98. The van der Waals surface area contributed by atoms with Crippen LogP contribution in [0, 0.1) is 0 Å². The zero-order chi connectivity index (χ0) is 17.1. The molecule has 6 heteroatoms. The van der Waals surface area contributed by atoms with Gasteiger partial charge in [0.15, 0.2) is 17.9 Å². The number of aromatic nitrogens is 4. The van der Waals surface area contributed by atoms with Crippen molar-refractivity contribution in [1.82, 2.24) is 9.97 Å². The van der Waals surface area contributed by atoms with E-state index in [1.165, 1.54) is 0 Å². The van der Waals surface area contributed by atoms with Gasteiger partial charge in [-0.05, 0) is 29.8 Å². The minimum Gasteiger partial charge on any atom is -0.317 e. The number of carbonyl (C=O) groups is 1. The number of rotatable bonds is 4. The van der Waals surface area contributed by atoms with Gasteiger partial charge in [0.05, 0.1) is 24.5 Å². The Balaban J connectivity index is 1.71. The first kappa shape index (κ1) is 15.0. The quantitative estimate of drug-likeness (QED) is 0.560. The van der Waals surface area contributed by atoms with E-state index in [9.17, 15) is 4.79 Å². The lowest BCUT2D eigenvalue weighted by Crippen LogP contribution is -2.24. The van der Waals surface area contributed by atoms with E-state index in [-0.39, 0.29) is 5.91 Å². The average molecular weight is 331 g/mol. The molecule has 0 saturated heterocycles. The maximum absolute atomic E-state index is 12.7. The lowest BCUT2D eigenvalue weighted by Gasteiger charge is -2.00. The number of hydrogen-bond donors (Lipinski definition) is 2. The summed E-state index contributed by atoms with van der Waals surface area (Å²) in [6.07, 6.45) is 9.72. The number of imidazole rings is 1. The van der Waals surface area contributed by atoms with Gasteiger partial charge in [-0.1, -0.05) is 6.07 Å². The van der Waals surface area contributed by atoms with Gasteiger partial charge in [-0.2, -0.15) is 4.40 Å². The third-order valence-electron chi connectivity index (χ3n) is 3.98. The van der Waals surface area contributed by atoms with Crippen LogP contribution < -0.4 is 14.7 Å². The minimum atomic E-state index is -0.190. The first-order valence-corrected chi connectivity index (χ1v) is 7.99. The smallest absolute Gasteiger partial charge is 0.300 e. The van der Waals surface area contributed by atoms with Gasteiger partial charge in [0.2, 0.25) is 5.69 Å². The number of pyridine rings is 3. The highest BCUT2D eigenvalue weighted by Crippen LogP contribution is 2.12. The lowest BCUT2D eigenvalue weighted by molar-refractivity contribution is -0.520. The van der Waals surface area contributed by atoms with Crippen molar-refractivity contribution in [3.8, 4) is 0 Å². The Morgan fingerprint density at radius 1 is 1.16 bits per heavy atom. The maximum Gasteiger partial charge on any atom is 0.300 e. The topological polar surface area (TPSA) is 76.0 Å². The summed E-state index contributed by atoms with van der Waals surface area (Å²) < 4.78 is 2.01. The SMILES string of the molecule is O=C(Nc1cccnc1)c1[nH]c(Cc2cc[nH+]cc2)[n+]2ccccc12. The molecule has 122 valence electrons. The van der Waals surface area contributed by atoms with Crippen molar-refractivity contribution in [2.24, 2.45) is 0 Å². The van der Waals surface area contributed by atoms with Crippen LogP contribution >= 0.6 is 0 Å². The molecule has 0 fully saturated rings. The second-order valence-electron chi connectivity index (χ2n) is 5.68. The normalized spacial score (nSPS) is 10.7. The van der Waals surface area contributed by atoms with E-state index < -0.39 is 0 Å². The number of nitrogens with zero attached hydrogens (tertiary/aromatic N) is 2. The second-order valence-corrected chi connectivity index (χ2v) is 5.68. The van der Waals surface area contributed by atoms with Crippen molar-refractivity contribution in [3.63, 3.8) is 0 Å². The third kappa shape index (κ3) is 3.10. The Morgan fingerprint density at radius 3 is 2.84 bits per heavy atom. The molecular formula is C19H17N5O+2. The Labute approximate surface area is 144 Å². The maximum atomic E-state index is 12.7. The second kappa shape index (κ2) is 6.52. The van der Waals surface area contributed by atoms with Gasteiger partial charge >= 0.3 is 0 Å². The van der Waals surface area contributed by atoms with Crippen molar-refractivity contribution in [2.45, 2.75) is 6.42 Å². The highest BCUT2D eigenvalue weighted by Gasteiger charge is 2.24. The predicted molar refractivity (Wildman–Crippen MR) is 91.9 cm³/mol. The molecule has 6 nitrogen and oxygen atoms in total. The largest absolute Gasteiger partial charge is 0.317 e. The van der Waals surface area contributed by atoms with Crippen LogP contribution in [0.3, 0.4) is 0 Å². The molecule has 3 N–H and O–H groups in total. The van der Waals surface area contributed by atoms with E-state index in [4.69, 9.17) is 0 Å². The first-order valence-electron chi connectivity index (χ1n) is 7.99. The molecule has 4 aromatic heterocycles. The minimum absolute atomic E-state index is 0.190. The fraction of sp³-hybridized carbons (Fsp3) is 0.0526. The van der Waals surface area contributed by atoms with E-state index in [1.807, 2.05) is 59.4 Å². The van der Waals surface area contributed by atoms with Crippen LogP contribution in [0.15, 0.2) is 73.4 Å². The van der Waals surface area contributed by atoms with Crippen LogP contribution in [0.2, 0.25) is 0 Å². The van der Waals surface area contributed by atoms with E-state index in [2.05, 4.69) is 20.3 Å². The van der Waals surface area contributed by atoms with Crippen molar-refractivity contribution < 1.29 is 14.2 Å². The number of aromatic amines is 2. The number of hydrogen-bond acceptors (Lipinski definition) is 2. The standard InChI is InChI=1S/C19H15N5O/c25-19(22-15-4-3-8-21-13-15)18-16-5-1-2-11-24(16)17(23-18)12-14-6-9-20-10-7-14/h1-11,13H,12H2,(H,22,25)/p+2. The molecule has 0 saturated carbocycles. The molecule has 0 aliphatic heterocycles. The van der Waals surface area contributed by atoms with Crippen molar-refractivity contribution in [1.29, 1.82) is 0 Å². The number of fused-ring (bicyclic) bond motifs is 1. The predicted octanol–water partition coefficient (Wildman–Crippen LogP) is 1.81. The van der Waals surface area contributed by atoms with Crippen LogP contribution in [-0.4, -0.2) is 15.9 Å². The van der Waals surface area contributed by atoms with Crippen LogP contribution in [-0.2, 0) is 6.42 Å². The molecule has 0 aliphatic carbocycles. The summed E-state index contributed by atoms with van der Waals surface area (Å²) >= 11 is 0. The molecule has 0 atom stereocenters. The van der Waals surface area contributed by atoms with Gasteiger partial charge in [0.1, 0.15) is 0 Å². The van der Waals surface area contributed by atoms with Crippen molar-refractivity contribution in [2.75, 3.05) is 5.32 Å². The van der Waals surface area contributed by atoms with E-state index in [1.54, 1.807) is 18.5 Å². The Hall–Kier alpha value is -3.54. The van der Waals surface area contributed by atoms with Crippen molar-refractivity contribution in [3.05, 3.63) is 90.5 Å². The summed E-state index contributed by atoms with van der Waals surface area (Å²) in [4.78, 5) is 23.0. The fourth-order valence-corrected chi connectivity index (χ4v) is 2.82. The van der Waals surface area contributed by atoms with Gasteiger partial charge in [-0.25, -0.2) is 9.97 Å². The van der Waals surface area contributed by atoms with Gasteiger partial charge < -0.3 is 5.32 Å². The monoisotopic (exact) mass is 331 g/mol. The zero-order valence-corrected chi connectivity index (χ0v) is 13.4. The van der Waals surface area contributed by atoms with Gasteiger partial charge in [0.25, 0.3) is 11.7 Å². The summed E-state index contributed by atoms with van der Waals surface area (Å²) in [5.41, 5.74) is 3.18. The summed E-state index contributed by atoms with van der Waals surface area (Å²) in [5.74, 6) is 0.752. The van der Waals surface area contributed by atoms with E-state index >= 15 is 0 Å². The molecule has 0 aliphatic rings. The van der Waals surface area contributed by atoms with Gasteiger partial charge in [0, 0.05) is 18.3 Å². The molecule has 4 heterocycles. The molecule has 0 spiro atoms. The lowest BCUT2D eigenvalue weighted by atomic mass is 10.2. The van der Waals surface area contributed by atoms with Crippen LogP contribution in [0.5, 0.6) is 0 Å². The molecule has 0 radical (unpaired) electrons. The van der Waals surface area contributed by atoms with Gasteiger partial charge in [-0.3, -0.25) is 9.78 Å². The van der Waals surface area contributed by atoms with Crippen LogP contribution in [0.25, 0.3) is 5.52 Å². The summed E-state index contributed by atoms with van der Waals surface area (Å²) in [6.45, 7) is 0. The zero-order valence-electron chi connectivity index (χ0n) is 13.4. The first-order chi connectivity index (χ1) is 12.3. The van der Waals surface area contributed by atoms with Gasteiger partial charge in [-0.15, -0.1) is 0 Å². The summed E-state index contributed by atoms with van der Waals surface area (Å²) in [7, 11) is 0. The molecule has 0 bridgehead atoms. The number of amides is 1. The fourth-order valence-electron chi connectivity index (χ4n) is 2.82. The number of carbonyl (C=O) groups excluding carboxylic acids is 1. The Morgan fingerprint density at radius 2 is 2.04 bits per heavy atom. The molecule has 25 heavy (non-hydrogen) atoms. The molecule has 4 rings (SSSR count). The van der Waals surface area contributed by atoms with E-state index in [0.717, 1.165) is 16.9 Å². The van der Waals surface area contributed by atoms with E-state index in [0.29, 0.717) is 17.8 Å². The van der Waals surface area contributed by atoms with Crippen molar-refractivity contribution >= 4 is 17.1 Å². The number of anilines is 1. The number of H-pyrrole nitrogens is 2. The Kier molecular flexibility index (Phi) is 3.92. The highest BCUT2D eigenvalue weighted by atomic mass is 16.1. The highest BCUT2D eigenvalue weighted by molar-refractivity contribution is 6.06. The molecule has 0 aromatic carbocycles. The molecule has 4 aromatic rings. The van der Waals surface area contributed by atoms with Crippen LogP contribution in [0.1, 0.15) is 21.9 Å². The molecule has 0 unspecified atom stereocenters. The van der Waals surface area contributed by atoms with Crippen LogP contribution in [0.4, 0.5) is 5.69 Å². The Bertz CT molecular complexity index is 1010. The summed E-state index contributed by atoms with van der Waals surface area (Å²) in [6, 6.07) is 13.4. The number of nitrogens with one attached hydrogen (secondary N) is 3.